The Bertz CT molecular complexity index is 1540. The van der Waals surface area contributed by atoms with Crippen LogP contribution in [0.5, 0.6) is 11.5 Å². The second kappa shape index (κ2) is 10.4. The summed E-state index contributed by atoms with van der Waals surface area (Å²) in [5.74, 6) is -0.244. The van der Waals surface area contributed by atoms with Gasteiger partial charge in [-0.05, 0) is 68.8 Å². The zero-order valence-corrected chi connectivity index (χ0v) is 23.5. The smallest absolute Gasteiger partial charge is 0.307 e. The third kappa shape index (κ3) is 4.54. The second-order valence-corrected chi connectivity index (χ2v) is 11.8. The van der Waals surface area contributed by atoms with Gasteiger partial charge in [0.25, 0.3) is 0 Å². The van der Waals surface area contributed by atoms with Crippen molar-refractivity contribution in [2.24, 2.45) is 5.92 Å². The summed E-state index contributed by atoms with van der Waals surface area (Å²) in [6, 6.07) is 13.9. The predicted octanol–water partition coefficient (Wildman–Crippen LogP) is 5.36. The Kier molecular flexibility index (Phi) is 6.96. The number of hydrogen-bond donors (Lipinski definition) is 4. The van der Waals surface area contributed by atoms with E-state index in [2.05, 4.69) is 23.3 Å². The first kappa shape index (κ1) is 27.6. The van der Waals surface area contributed by atoms with E-state index in [1.807, 2.05) is 25.1 Å². The van der Waals surface area contributed by atoms with Gasteiger partial charge in [0.1, 0.15) is 18.0 Å². The van der Waals surface area contributed by atoms with Crippen LogP contribution in [0.2, 0.25) is 5.02 Å². The number of aliphatic carboxylic acids is 1. The fourth-order valence-electron chi connectivity index (χ4n) is 7.14. The van der Waals surface area contributed by atoms with Crippen molar-refractivity contribution in [1.29, 1.82) is 0 Å². The van der Waals surface area contributed by atoms with Crippen molar-refractivity contribution in [3.8, 4) is 11.5 Å². The topological polar surface area (TPSA) is 102 Å². The number of nitrogens with zero attached hydrogens (tertiary/aromatic N) is 1. The summed E-state index contributed by atoms with van der Waals surface area (Å²) in [6.45, 7) is 2.88. The number of likely N-dealkylation sites (N-methyl/N-ethyl adjacent to an activating group) is 1. The number of anilines is 2. The number of phenolic OH excluding ortho intramolecular Hbond substituents is 1. The van der Waals surface area contributed by atoms with Crippen molar-refractivity contribution in [2.45, 2.75) is 49.9 Å². The molecule has 1 fully saturated rings. The summed E-state index contributed by atoms with van der Waals surface area (Å²) >= 11 is 5.95. The van der Waals surface area contributed by atoms with Crippen LogP contribution in [0.3, 0.4) is 0 Å². The predicted molar refractivity (Wildman–Crippen MR) is 155 cm³/mol. The number of piperidine rings is 1. The summed E-state index contributed by atoms with van der Waals surface area (Å²) in [5.41, 5.74) is 4.48. The Labute approximate surface area is 242 Å². The zero-order valence-electron chi connectivity index (χ0n) is 22.8. The van der Waals surface area contributed by atoms with Gasteiger partial charge in [-0.15, -0.1) is 0 Å². The molecule has 1 saturated heterocycles. The monoisotopic (exact) mass is 578 g/mol. The number of rotatable bonds is 4. The number of likely N-dealkylation sites (tertiary alicyclic amines) is 1. The van der Waals surface area contributed by atoms with E-state index in [1.165, 1.54) is 23.3 Å². The minimum atomic E-state index is -0.946. The number of carboxylic acid groups (broad SMARTS) is 1. The van der Waals surface area contributed by atoms with Gasteiger partial charge in [-0.25, -0.2) is 4.39 Å². The molecule has 3 aromatic rings. The highest BCUT2D eigenvalue weighted by atomic mass is 35.5. The Balaban J connectivity index is 0.000000148. The lowest BCUT2D eigenvalue weighted by molar-refractivity contribution is -0.136. The number of carboxylic acids is 1. The number of phenols is 1. The molecule has 0 unspecified atom stereocenters. The molecule has 9 heteroatoms. The molecule has 5 atom stereocenters. The average molecular weight is 579 g/mol. The minimum absolute atomic E-state index is 0.143. The third-order valence-corrected chi connectivity index (χ3v) is 9.29. The van der Waals surface area contributed by atoms with E-state index in [1.54, 1.807) is 24.3 Å². The molecule has 214 valence electrons. The van der Waals surface area contributed by atoms with Crippen molar-refractivity contribution in [1.82, 2.24) is 4.90 Å². The lowest BCUT2D eigenvalue weighted by Crippen LogP contribution is -2.64. The fraction of sp³-hybridized carbons (Fsp3) is 0.344. The number of aromatic hydroxyl groups is 1. The number of benzene rings is 3. The summed E-state index contributed by atoms with van der Waals surface area (Å²) in [7, 11) is 2.19. The van der Waals surface area contributed by atoms with Gasteiger partial charge in [0, 0.05) is 28.6 Å². The molecule has 2 heterocycles. The van der Waals surface area contributed by atoms with Gasteiger partial charge in [0.05, 0.1) is 17.1 Å². The number of hydrogen-bond acceptors (Lipinski definition) is 6. The largest absolute Gasteiger partial charge is 0.504 e. The van der Waals surface area contributed by atoms with Gasteiger partial charge in [0.2, 0.25) is 0 Å². The number of aliphatic hydroxyl groups is 1. The van der Waals surface area contributed by atoms with Crippen LogP contribution in [0.25, 0.3) is 0 Å². The molecule has 7 nitrogen and oxygen atoms in total. The van der Waals surface area contributed by atoms with E-state index in [0.717, 1.165) is 24.9 Å². The van der Waals surface area contributed by atoms with Crippen LogP contribution in [0.1, 0.15) is 28.7 Å². The van der Waals surface area contributed by atoms with Gasteiger partial charge in [-0.1, -0.05) is 53.6 Å². The van der Waals surface area contributed by atoms with E-state index < -0.39 is 17.9 Å². The Hall–Kier alpha value is -3.59. The van der Waals surface area contributed by atoms with E-state index in [9.17, 15) is 19.4 Å². The van der Waals surface area contributed by atoms with E-state index in [4.69, 9.17) is 21.4 Å². The lowest BCUT2D eigenvalue weighted by Gasteiger charge is -2.56. The Morgan fingerprint density at radius 2 is 2.02 bits per heavy atom. The molecule has 0 amide bonds. The number of halogens is 2. The number of aryl methyl sites for hydroxylation is 1. The Morgan fingerprint density at radius 3 is 2.78 bits per heavy atom. The SMILES string of the molecule is CN1CC[C@]23c4c5ccc(O)c4O[C@H]2[C@@H](O)C=C[C@H]3[C@H]1C5.Cc1ccc(Nc2c(F)cccc2Cl)c(CC(=O)O)c1. The maximum atomic E-state index is 13.7. The van der Waals surface area contributed by atoms with Crippen LogP contribution in [0, 0.1) is 18.7 Å². The van der Waals surface area contributed by atoms with Crippen molar-refractivity contribution in [3.63, 3.8) is 0 Å². The molecule has 2 bridgehead atoms. The molecule has 0 aromatic heterocycles. The molecular formula is C32H32ClFN2O5. The molecule has 1 spiro atoms. The van der Waals surface area contributed by atoms with Gasteiger partial charge in [0.15, 0.2) is 11.5 Å². The number of para-hydroxylation sites is 1. The van der Waals surface area contributed by atoms with Crippen molar-refractivity contribution >= 4 is 28.9 Å². The summed E-state index contributed by atoms with van der Waals surface area (Å²) in [6.07, 6.45) is 5.04. The quantitative estimate of drug-likeness (QED) is 0.309. The van der Waals surface area contributed by atoms with Crippen molar-refractivity contribution in [2.75, 3.05) is 18.9 Å². The van der Waals surface area contributed by atoms with Crippen LogP contribution < -0.4 is 10.1 Å². The lowest BCUT2D eigenvalue weighted by atomic mass is 9.53. The average Bonchev–Trinajstić information content (AvgIpc) is 3.28. The maximum Gasteiger partial charge on any atom is 0.307 e. The second-order valence-electron chi connectivity index (χ2n) is 11.4. The normalized spacial score (nSPS) is 26.9. The molecule has 2 aliphatic carbocycles. The van der Waals surface area contributed by atoms with Crippen LogP contribution in [0.4, 0.5) is 15.8 Å². The van der Waals surface area contributed by atoms with E-state index in [-0.39, 0.29) is 34.4 Å². The molecular weight excluding hydrogens is 547 g/mol. The molecule has 4 aliphatic rings. The highest BCUT2D eigenvalue weighted by Crippen LogP contribution is 2.62. The fourth-order valence-corrected chi connectivity index (χ4v) is 7.35. The highest BCUT2D eigenvalue weighted by molar-refractivity contribution is 6.33. The number of carbonyl (C=O) groups is 1. The Morgan fingerprint density at radius 1 is 1.22 bits per heavy atom. The van der Waals surface area contributed by atoms with E-state index >= 15 is 0 Å². The van der Waals surface area contributed by atoms with Crippen LogP contribution in [-0.2, 0) is 23.1 Å². The van der Waals surface area contributed by atoms with Crippen LogP contribution >= 0.6 is 11.6 Å². The maximum absolute atomic E-state index is 13.7. The first-order valence-corrected chi connectivity index (χ1v) is 14.1. The standard InChI is InChI=1S/C17H19NO3.C15H13ClFNO2/c1-18-7-6-17-10-3-5-13(20)16(17)21-15-12(19)4-2-9(14(15)17)8-11(10)18;1-9-5-6-13(10(7-9)8-14(19)20)18-15-11(16)3-2-4-12(15)17/h2-5,10-11,13,16,19-20H,6-8H2,1H3;2-7,18H,8H2,1H3,(H,19,20)/t10-,11+,13-,16-,17-;/m0./s1. The van der Waals surface area contributed by atoms with Crippen LogP contribution in [-0.4, -0.2) is 58.0 Å². The highest BCUT2D eigenvalue weighted by Gasteiger charge is 2.64. The molecule has 41 heavy (non-hydrogen) atoms. The van der Waals surface area contributed by atoms with E-state index in [0.29, 0.717) is 29.0 Å². The first-order valence-electron chi connectivity index (χ1n) is 13.7. The molecule has 0 saturated carbocycles. The molecule has 7 rings (SSSR count). The summed E-state index contributed by atoms with van der Waals surface area (Å²) in [4.78, 5) is 13.3. The summed E-state index contributed by atoms with van der Waals surface area (Å²) in [5, 5.41) is 32.7. The minimum Gasteiger partial charge on any atom is -0.504 e. The van der Waals surface area contributed by atoms with Crippen molar-refractivity contribution in [3.05, 3.63) is 93.8 Å². The van der Waals surface area contributed by atoms with Crippen LogP contribution in [0.15, 0.2) is 60.7 Å². The van der Waals surface area contributed by atoms with Gasteiger partial charge < -0.3 is 30.3 Å². The number of nitrogens with one attached hydrogen (secondary N) is 1. The van der Waals surface area contributed by atoms with Crippen molar-refractivity contribution < 1.29 is 29.2 Å². The molecule has 2 aliphatic heterocycles. The first-order chi connectivity index (χ1) is 19.6. The summed E-state index contributed by atoms with van der Waals surface area (Å²) < 4.78 is 19.8. The third-order valence-electron chi connectivity index (χ3n) is 8.97. The molecule has 3 aromatic carbocycles. The van der Waals surface area contributed by atoms with Gasteiger partial charge in [-0.3, -0.25) is 4.79 Å². The number of aliphatic hydroxyl groups excluding tert-OH is 1. The number of ether oxygens (including phenoxy) is 1. The van der Waals surface area contributed by atoms with Gasteiger partial charge in [-0.2, -0.15) is 0 Å². The molecule has 0 radical (unpaired) electrons. The zero-order chi connectivity index (χ0) is 29.1. The molecule has 4 N–H and O–H groups in total. The van der Waals surface area contributed by atoms with Gasteiger partial charge >= 0.3 is 5.97 Å².